The average Bonchev–Trinajstić information content (AvgIpc) is 3.05. The second kappa shape index (κ2) is 6.27. The van der Waals surface area contributed by atoms with Gasteiger partial charge in [-0.05, 0) is 29.7 Å². The summed E-state index contributed by atoms with van der Waals surface area (Å²) in [6, 6.07) is 18.9. The highest BCUT2D eigenvalue weighted by atomic mass is 79.9. The summed E-state index contributed by atoms with van der Waals surface area (Å²) in [5.74, 6) is 0. The Morgan fingerprint density at radius 3 is 2.38 bits per heavy atom. The molecule has 3 aromatic rings. The number of benzene rings is 2. The van der Waals surface area contributed by atoms with Gasteiger partial charge in [-0.3, -0.25) is 0 Å². The van der Waals surface area contributed by atoms with Crippen LogP contribution in [0.5, 0.6) is 0 Å². The SMILES string of the molecule is CCc1ccc(C(Br)c2cnn(-c3ccccc3)c2)cc1. The van der Waals surface area contributed by atoms with Gasteiger partial charge in [0.15, 0.2) is 0 Å². The van der Waals surface area contributed by atoms with Crippen LogP contribution in [-0.2, 0) is 6.42 Å². The molecule has 0 saturated heterocycles. The van der Waals surface area contributed by atoms with Crippen LogP contribution in [0.1, 0.15) is 28.4 Å². The van der Waals surface area contributed by atoms with Crippen molar-refractivity contribution in [3.05, 3.63) is 83.7 Å². The lowest BCUT2D eigenvalue weighted by Gasteiger charge is -2.08. The Labute approximate surface area is 133 Å². The lowest BCUT2D eigenvalue weighted by molar-refractivity contribution is 0.880. The first-order valence-corrected chi connectivity index (χ1v) is 8.02. The van der Waals surface area contributed by atoms with Crippen LogP contribution in [-0.4, -0.2) is 9.78 Å². The van der Waals surface area contributed by atoms with E-state index in [2.05, 4.69) is 70.5 Å². The van der Waals surface area contributed by atoms with Crippen molar-refractivity contribution in [1.29, 1.82) is 0 Å². The molecule has 2 aromatic carbocycles. The van der Waals surface area contributed by atoms with E-state index in [1.165, 1.54) is 11.1 Å². The molecule has 1 heterocycles. The Kier molecular flexibility index (Phi) is 4.20. The predicted molar refractivity (Wildman–Crippen MR) is 90.2 cm³/mol. The average molecular weight is 341 g/mol. The molecule has 0 bridgehead atoms. The zero-order valence-corrected chi connectivity index (χ0v) is 13.5. The minimum absolute atomic E-state index is 0.167. The number of hydrogen-bond acceptors (Lipinski definition) is 1. The molecule has 21 heavy (non-hydrogen) atoms. The van der Waals surface area contributed by atoms with Crippen LogP contribution in [0.15, 0.2) is 67.0 Å². The van der Waals surface area contributed by atoms with Crippen molar-refractivity contribution < 1.29 is 0 Å². The highest BCUT2D eigenvalue weighted by molar-refractivity contribution is 9.09. The van der Waals surface area contributed by atoms with Crippen molar-refractivity contribution in [3.8, 4) is 5.69 Å². The van der Waals surface area contributed by atoms with Gasteiger partial charge in [0.05, 0.1) is 16.7 Å². The van der Waals surface area contributed by atoms with E-state index in [1.54, 1.807) is 0 Å². The van der Waals surface area contributed by atoms with E-state index < -0.39 is 0 Å². The molecule has 1 unspecified atom stereocenters. The first-order valence-electron chi connectivity index (χ1n) is 7.11. The van der Waals surface area contributed by atoms with Gasteiger partial charge in [-0.15, -0.1) is 0 Å². The third kappa shape index (κ3) is 3.08. The van der Waals surface area contributed by atoms with Crippen LogP contribution in [0.25, 0.3) is 5.69 Å². The smallest absolute Gasteiger partial charge is 0.0675 e. The van der Waals surface area contributed by atoms with E-state index in [0.29, 0.717) is 0 Å². The summed E-state index contributed by atoms with van der Waals surface area (Å²) in [5, 5.41) is 4.45. The zero-order chi connectivity index (χ0) is 14.7. The second-order valence-electron chi connectivity index (χ2n) is 5.01. The van der Waals surface area contributed by atoms with E-state index in [9.17, 15) is 0 Å². The molecule has 0 aliphatic rings. The summed E-state index contributed by atoms with van der Waals surface area (Å²) in [6.45, 7) is 2.17. The molecule has 3 heteroatoms. The zero-order valence-electron chi connectivity index (χ0n) is 11.9. The van der Waals surface area contributed by atoms with Crippen molar-refractivity contribution >= 4 is 15.9 Å². The maximum Gasteiger partial charge on any atom is 0.0675 e. The second-order valence-corrected chi connectivity index (χ2v) is 5.93. The molecule has 0 saturated carbocycles. The summed E-state index contributed by atoms with van der Waals surface area (Å²) in [7, 11) is 0. The van der Waals surface area contributed by atoms with Gasteiger partial charge in [0.25, 0.3) is 0 Å². The topological polar surface area (TPSA) is 17.8 Å². The fourth-order valence-corrected chi connectivity index (χ4v) is 2.85. The van der Waals surface area contributed by atoms with E-state index in [0.717, 1.165) is 17.7 Å². The number of aromatic nitrogens is 2. The minimum Gasteiger partial charge on any atom is -0.241 e. The molecule has 106 valence electrons. The molecular weight excluding hydrogens is 324 g/mol. The number of hydrogen-bond donors (Lipinski definition) is 0. The van der Waals surface area contributed by atoms with Crippen molar-refractivity contribution in [2.45, 2.75) is 18.2 Å². The molecule has 0 fully saturated rings. The number of aryl methyl sites for hydroxylation is 1. The summed E-state index contributed by atoms with van der Waals surface area (Å²) in [4.78, 5) is 0.167. The summed E-state index contributed by atoms with van der Waals surface area (Å²) >= 11 is 3.77. The monoisotopic (exact) mass is 340 g/mol. The molecule has 0 amide bonds. The normalized spacial score (nSPS) is 12.3. The number of halogens is 1. The molecule has 1 atom stereocenters. The van der Waals surface area contributed by atoms with Crippen molar-refractivity contribution in [2.24, 2.45) is 0 Å². The highest BCUT2D eigenvalue weighted by Crippen LogP contribution is 2.31. The maximum atomic E-state index is 4.45. The van der Waals surface area contributed by atoms with Gasteiger partial charge in [0.2, 0.25) is 0 Å². The first-order chi connectivity index (χ1) is 10.3. The lowest BCUT2D eigenvalue weighted by Crippen LogP contribution is -1.94. The van der Waals surface area contributed by atoms with E-state index in [-0.39, 0.29) is 4.83 Å². The number of para-hydroxylation sites is 1. The molecule has 0 N–H and O–H groups in total. The fourth-order valence-electron chi connectivity index (χ4n) is 2.30. The van der Waals surface area contributed by atoms with E-state index in [4.69, 9.17) is 0 Å². The van der Waals surface area contributed by atoms with Gasteiger partial charge in [0, 0.05) is 11.8 Å². The van der Waals surface area contributed by atoms with Gasteiger partial charge < -0.3 is 0 Å². The summed E-state index contributed by atoms with van der Waals surface area (Å²) in [6.07, 6.45) is 5.06. The fraction of sp³-hybridized carbons (Fsp3) is 0.167. The maximum absolute atomic E-state index is 4.45. The molecule has 1 aromatic heterocycles. The molecular formula is C18H17BrN2. The third-order valence-electron chi connectivity index (χ3n) is 3.60. The van der Waals surface area contributed by atoms with Crippen LogP contribution < -0.4 is 0 Å². The van der Waals surface area contributed by atoms with Gasteiger partial charge in [0.1, 0.15) is 0 Å². The van der Waals surface area contributed by atoms with Gasteiger partial charge in [-0.25, -0.2) is 4.68 Å². The minimum atomic E-state index is 0.167. The van der Waals surface area contributed by atoms with Crippen LogP contribution in [0.3, 0.4) is 0 Å². The van der Waals surface area contributed by atoms with Crippen molar-refractivity contribution in [1.82, 2.24) is 9.78 Å². The Bertz CT molecular complexity index is 702. The first kappa shape index (κ1) is 14.1. The molecule has 0 radical (unpaired) electrons. The predicted octanol–water partition coefficient (Wildman–Crippen LogP) is 4.92. The van der Waals surface area contributed by atoms with E-state index >= 15 is 0 Å². The van der Waals surface area contributed by atoms with Crippen LogP contribution in [0.4, 0.5) is 0 Å². The van der Waals surface area contributed by atoms with Crippen molar-refractivity contribution in [2.75, 3.05) is 0 Å². The Morgan fingerprint density at radius 1 is 1.00 bits per heavy atom. The number of nitrogens with zero attached hydrogens (tertiary/aromatic N) is 2. The van der Waals surface area contributed by atoms with Crippen LogP contribution >= 0.6 is 15.9 Å². The van der Waals surface area contributed by atoms with Gasteiger partial charge in [-0.2, -0.15) is 5.10 Å². The summed E-state index contributed by atoms with van der Waals surface area (Å²) < 4.78 is 1.91. The Morgan fingerprint density at radius 2 is 1.71 bits per heavy atom. The van der Waals surface area contributed by atoms with E-state index in [1.807, 2.05) is 29.1 Å². The quantitative estimate of drug-likeness (QED) is 0.616. The molecule has 0 aliphatic carbocycles. The van der Waals surface area contributed by atoms with Crippen LogP contribution in [0.2, 0.25) is 0 Å². The Hall–Kier alpha value is -1.87. The number of rotatable bonds is 4. The number of alkyl halides is 1. The van der Waals surface area contributed by atoms with Crippen LogP contribution in [0, 0.1) is 0 Å². The van der Waals surface area contributed by atoms with Crippen molar-refractivity contribution in [3.63, 3.8) is 0 Å². The highest BCUT2D eigenvalue weighted by Gasteiger charge is 2.12. The standard InChI is InChI=1S/C18H17BrN2/c1-2-14-8-10-15(11-9-14)18(19)16-12-20-21(13-16)17-6-4-3-5-7-17/h3-13,18H,2H2,1H3. The molecule has 3 rings (SSSR count). The van der Waals surface area contributed by atoms with Gasteiger partial charge >= 0.3 is 0 Å². The Balaban J connectivity index is 1.85. The molecule has 2 nitrogen and oxygen atoms in total. The largest absolute Gasteiger partial charge is 0.241 e. The third-order valence-corrected chi connectivity index (χ3v) is 4.65. The van der Waals surface area contributed by atoms with Gasteiger partial charge in [-0.1, -0.05) is 65.3 Å². The molecule has 0 aliphatic heterocycles. The lowest BCUT2D eigenvalue weighted by atomic mass is 10.0. The molecule has 0 spiro atoms. The summed E-state index contributed by atoms with van der Waals surface area (Å²) in [5.41, 5.74) is 4.84.